The number of anilines is 1. The number of fused-ring (bicyclic) bond motifs is 1. The number of hydrogen-bond donors (Lipinski definition) is 2. The lowest BCUT2D eigenvalue weighted by Crippen LogP contribution is -2.31. The lowest BCUT2D eigenvalue weighted by atomic mass is 9.92. The zero-order valence-corrected chi connectivity index (χ0v) is 17.9. The number of carbonyl (C=O) groups excluding carboxylic acids is 1. The second kappa shape index (κ2) is 9.23. The van der Waals surface area contributed by atoms with Crippen molar-refractivity contribution in [1.82, 2.24) is 15.3 Å². The van der Waals surface area contributed by atoms with E-state index in [0.717, 1.165) is 28.1 Å². The van der Waals surface area contributed by atoms with Crippen LogP contribution in [0.15, 0.2) is 48.5 Å². The van der Waals surface area contributed by atoms with Crippen molar-refractivity contribution in [3.8, 4) is 0 Å². The van der Waals surface area contributed by atoms with Crippen molar-refractivity contribution in [1.29, 1.82) is 0 Å². The number of amides is 1. The molecule has 0 unspecified atom stereocenters. The first-order valence-corrected chi connectivity index (χ1v) is 10.2. The number of carbonyl (C=O) groups is 1. The molecule has 0 spiro atoms. The van der Waals surface area contributed by atoms with Crippen LogP contribution in [0, 0.1) is 5.41 Å². The van der Waals surface area contributed by atoms with Crippen molar-refractivity contribution >= 4 is 34.2 Å². The van der Waals surface area contributed by atoms with E-state index in [4.69, 9.17) is 16.6 Å². The minimum Gasteiger partial charge on any atom is -0.368 e. The monoisotopic (exact) mass is 410 g/mol. The Labute approximate surface area is 176 Å². The molecule has 2 aromatic carbocycles. The van der Waals surface area contributed by atoms with E-state index >= 15 is 0 Å². The van der Waals surface area contributed by atoms with Gasteiger partial charge in [-0.25, -0.2) is 9.97 Å². The van der Waals surface area contributed by atoms with Crippen LogP contribution in [0.2, 0.25) is 5.02 Å². The average molecular weight is 411 g/mol. The second-order valence-electron chi connectivity index (χ2n) is 8.33. The lowest BCUT2D eigenvalue weighted by molar-refractivity contribution is -0.122. The summed E-state index contributed by atoms with van der Waals surface area (Å²) in [7, 11) is 0. The van der Waals surface area contributed by atoms with Gasteiger partial charge in [-0.05, 0) is 29.2 Å². The summed E-state index contributed by atoms with van der Waals surface area (Å²) < 4.78 is 0. The molecule has 0 bridgehead atoms. The van der Waals surface area contributed by atoms with Gasteiger partial charge in [0.25, 0.3) is 0 Å². The van der Waals surface area contributed by atoms with E-state index in [0.29, 0.717) is 31.0 Å². The van der Waals surface area contributed by atoms with Crippen molar-refractivity contribution in [2.45, 2.75) is 33.6 Å². The first-order valence-electron chi connectivity index (χ1n) is 9.81. The summed E-state index contributed by atoms with van der Waals surface area (Å²) in [6, 6.07) is 15.7. The molecule has 3 rings (SSSR count). The summed E-state index contributed by atoms with van der Waals surface area (Å²) in [5.41, 5.74) is 1.93. The fourth-order valence-corrected chi connectivity index (χ4v) is 3.24. The van der Waals surface area contributed by atoms with Gasteiger partial charge in [0, 0.05) is 36.3 Å². The zero-order chi connectivity index (χ0) is 20.9. The quantitative estimate of drug-likeness (QED) is 0.547. The average Bonchev–Trinajstić information content (AvgIpc) is 2.64. The Balaban J connectivity index is 1.72. The van der Waals surface area contributed by atoms with Crippen molar-refractivity contribution in [2.75, 3.05) is 18.4 Å². The molecule has 5 nitrogen and oxygen atoms in total. The van der Waals surface area contributed by atoms with Crippen LogP contribution < -0.4 is 10.6 Å². The number of rotatable bonds is 7. The summed E-state index contributed by atoms with van der Waals surface area (Å²) in [6.07, 6.45) is 1.14. The first-order chi connectivity index (χ1) is 13.8. The molecule has 0 aliphatic carbocycles. The van der Waals surface area contributed by atoms with Gasteiger partial charge in [0.05, 0.1) is 5.52 Å². The Kier molecular flexibility index (Phi) is 6.70. The summed E-state index contributed by atoms with van der Waals surface area (Å²) in [6.45, 7) is 7.27. The highest BCUT2D eigenvalue weighted by molar-refractivity contribution is 6.31. The molecule has 0 radical (unpaired) electrons. The van der Waals surface area contributed by atoms with E-state index in [1.807, 2.05) is 36.4 Å². The third-order valence-electron chi connectivity index (χ3n) is 4.34. The number of nitrogens with one attached hydrogen (secondary N) is 2. The molecule has 1 heterocycles. The molecule has 1 aromatic heterocycles. The van der Waals surface area contributed by atoms with Gasteiger partial charge in [0.15, 0.2) is 0 Å². The molecule has 0 aliphatic rings. The van der Waals surface area contributed by atoms with Crippen LogP contribution in [0.4, 0.5) is 5.82 Å². The van der Waals surface area contributed by atoms with Gasteiger partial charge in [-0.3, -0.25) is 4.79 Å². The molecule has 0 fully saturated rings. The van der Waals surface area contributed by atoms with Gasteiger partial charge in [-0.1, -0.05) is 62.7 Å². The number of halogens is 1. The van der Waals surface area contributed by atoms with E-state index in [1.165, 1.54) is 0 Å². The summed E-state index contributed by atoms with van der Waals surface area (Å²) in [5.74, 6) is 1.54. The Morgan fingerprint density at radius 2 is 1.79 bits per heavy atom. The van der Waals surface area contributed by atoms with Crippen LogP contribution >= 0.6 is 11.6 Å². The SMILES string of the molecule is CC(C)(C)CC(=O)NCCNc1nc(Cc2ccccc2)nc2cc(Cl)ccc12. The molecule has 3 aromatic rings. The highest BCUT2D eigenvalue weighted by Crippen LogP contribution is 2.24. The number of hydrogen-bond acceptors (Lipinski definition) is 4. The van der Waals surface area contributed by atoms with Crippen molar-refractivity contribution < 1.29 is 4.79 Å². The molecule has 152 valence electrons. The number of nitrogens with zero attached hydrogens (tertiary/aromatic N) is 2. The molecular formula is C23H27ClN4O. The van der Waals surface area contributed by atoms with Gasteiger partial charge in [-0.2, -0.15) is 0 Å². The molecule has 0 aliphatic heterocycles. The maximum absolute atomic E-state index is 12.0. The topological polar surface area (TPSA) is 66.9 Å². The Hall–Kier alpha value is -2.66. The fourth-order valence-electron chi connectivity index (χ4n) is 3.07. The van der Waals surface area contributed by atoms with Gasteiger partial charge >= 0.3 is 0 Å². The normalized spacial score (nSPS) is 11.4. The Morgan fingerprint density at radius 1 is 1.03 bits per heavy atom. The number of aromatic nitrogens is 2. The highest BCUT2D eigenvalue weighted by Gasteiger charge is 2.15. The summed E-state index contributed by atoms with van der Waals surface area (Å²) in [4.78, 5) is 21.4. The summed E-state index contributed by atoms with van der Waals surface area (Å²) >= 11 is 6.17. The van der Waals surface area contributed by atoms with Crippen LogP contribution in [0.25, 0.3) is 10.9 Å². The van der Waals surface area contributed by atoms with Crippen LogP contribution in [-0.2, 0) is 11.2 Å². The first kappa shape index (κ1) is 21.1. The maximum Gasteiger partial charge on any atom is 0.220 e. The van der Waals surface area contributed by atoms with Crippen molar-refractivity contribution in [3.63, 3.8) is 0 Å². The Morgan fingerprint density at radius 3 is 2.52 bits per heavy atom. The van der Waals surface area contributed by atoms with Crippen LogP contribution in [0.1, 0.15) is 38.6 Å². The predicted octanol–water partition coefficient (Wildman–Crippen LogP) is 4.84. The molecule has 0 saturated carbocycles. The molecule has 2 N–H and O–H groups in total. The largest absolute Gasteiger partial charge is 0.368 e. The fraction of sp³-hybridized carbons (Fsp3) is 0.348. The molecule has 1 amide bonds. The summed E-state index contributed by atoms with van der Waals surface area (Å²) in [5, 5.41) is 7.85. The minimum atomic E-state index is -0.0218. The second-order valence-corrected chi connectivity index (χ2v) is 8.76. The van der Waals surface area contributed by atoms with E-state index in [1.54, 1.807) is 0 Å². The standard InChI is InChI=1S/C23H27ClN4O/c1-23(2,3)15-21(29)25-11-12-26-22-18-10-9-17(24)14-19(18)27-20(28-22)13-16-7-5-4-6-8-16/h4-10,14H,11-13,15H2,1-3H3,(H,25,29)(H,26,27,28). The Bertz CT molecular complexity index is 983. The molecule has 0 saturated heterocycles. The zero-order valence-electron chi connectivity index (χ0n) is 17.1. The minimum absolute atomic E-state index is 0.0218. The smallest absolute Gasteiger partial charge is 0.220 e. The number of benzene rings is 2. The van der Waals surface area contributed by atoms with Crippen molar-refractivity contribution in [2.24, 2.45) is 5.41 Å². The van der Waals surface area contributed by atoms with Crippen LogP contribution in [-0.4, -0.2) is 29.0 Å². The molecule has 29 heavy (non-hydrogen) atoms. The van der Waals surface area contributed by atoms with Crippen LogP contribution in [0.5, 0.6) is 0 Å². The highest BCUT2D eigenvalue weighted by atomic mass is 35.5. The molecule has 6 heteroatoms. The van der Waals surface area contributed by atoms with Gasteiger partial charge in [-0.15, -0.1) is 0 Å². The van der Waals surface area contributed by atoms with Crippen molar-refractivity contribution in [3.05, 3.63) is 64.9 Å². The van der Waals surface area contributed by atoms with Gasteiger partial charge in [0.1, 0.15) is 11.6 Å². The van der Waals surface area contributed by atoms with Gasteiger partial charge < -0.3 is 10.6 Å². The van der Waals surface area contributed by atoms with Gasteiger partial charge in [0.2, 0.25) is 5.91 Å². The third kappa shape index (κ3) is 6.43. The lowest BCUT2D eigenvalue weighted by Gasteiger charge is -2.17. The predicted molar refractivity (Wildman–Crippen MR) is 119 cm³/mol. The van der Waals surface area contributed by atoms with E-state index in [2.05, 4.69) is 48.5 Å². The third-order valence-corrected chi connectivity index (χ3v) is 4.58. The van der Waals surface area contributed by atoms with E-state index in [-0.39, 0.29) is 11.3 Å². The van der Waals surface area contributed by atoms with E-state index < -0.39 is 0 Å². The maximum atomic E-state index is 12.0. The van der Waals surface area contributed by atoms with Crippen LogP contribution in [0.3, 0.4) is 0 Å². The molecule has 0 atom stereocenters. The molecular weight excluding hydrogens is 384 g/mol. The van der Waals surface area contributed by atoms with E-state index in [9.17, 15) is 4.79 Å².